The molecule has 0 aromatic heterocycles. The summed E-state index contributed by atoms with van der Waals surface area (Å²) in [5.41, 5.74) is 9.18. The third-order valence-electron chi connectivity index (χ3n) is 2.63. The number of nitrogens with zero attached hydrogens (tertiary/aromatic N) is 1. The van der Waals surface area contributed by atoms with Gasteiger partial charge in [0.25, 0.3) is 0 Å². The largest absolute Gasteiger partial charge is 0.399 e. The van der Waals surface area contributed by atoms with Gasteiger partial charge in [-0.2, -0.15) is 0 Å². The molecule has 1 aromatic carbocycles. The van der Waals surface area contributed by atoms with E-state index in [9.17, 15) is 0 Å². The molecule has 1 rings (SSSR count). The molecule has 0 saturated carbocycles. The lowest BCUT2D eigenvalue weighted by Gasteiger charge is -2.18. The molecule has 94 valence electrons. The van der Waals surface area contributed by atoms with Gasteiger partial charge in [-0.25, -0.2) is 0 Å². The summed E-state index contributed by atoms with van der Waals surface area (Å²) in [7, 11) is 0. The third kappa shape index (κ3) is 5.06. The van der Waals surface area contributed by atoms with Gasteiger partial charge in [-0.3, -0.25) is 4.90 Å². The van der Waals surface area contributed by atoms with Gasteiger partial charge < -0.3 is 5.73 Å². The lowest BCUT2D eigenvalue weighted by Crippen LogP contribution is -2.22. The molecule has 16 heavy (non-hydrogen) atoms. The smallest absolute Gasteiger partial charge is 0.0343 e. The highest BCUT2D eigenvalue weighted by Gasteiger charge is 2.01. The number of hydrogen-bond acceptors (Lipinski definition) is 2. The number of nitrogen functional groups attached to an aromatic ring is 1. The van der Waals surface area contributed by atoms with Crippen molar-refractivity contribution >= 4 is 30.5 Å². The second-order valence-electron chi connectivity index (χ2n) is 3.65. The predicted molar refractivity (Wildman–Crippen MR) is 76.7 cm³/mol. The van der Waals surface area contributed by atoms with Crippen molar-refractivity contribution in [1.29, 1.82) is 0 Å². The van der Waals surface area contributed by atoms with Crippen molar-refractivity contribution in [2.45, 2.75) is 27.3 Å². The maximum Gasteiger partial charge on any atom is 0.0343 e. The highest BCUT2D eigenvalue weighted by molar-refractivity contribution is 5.85. The van der Waals surface area contributed by atoms with Crippen LogP contribution in [0.5, 0.6) is 0 Å². The Morgan fingerprint density at radius 3 is 2.12 bits per heavy atom. The molecule has 2 N–H and O–H groups in total. The third-order valence-corrected chi connectivity index (χ3v) is 2.63. The summed E-state index contributed by atoms with van der Waals surface area (Å²) in [6, 6.07) is 6.28. The molecule has 0 amide bonds. The molecule has 0 aliphatic carbocycles. The minimum Gasteiger partial charge on any atom is -0.399 e. The standard InChI is InChI=1S/C12H20N2.2ClH/c1-4-14(5-2)9-11-6-7-12(13)10(3)8-11;;/h6-8H,4-5,9,13H2,1-3H3;2*1H. The van der Waals surface area contributed by atoms with E-state index in [4.69, 9.17) is 5.73 Å². The molecule has 4 heteroatoms. The maximum atomic E-state index is 5.77. The highest BCUT2D eigenvalue weighted by atomic mass is 35.5. The molecule has 1 aromatic rings. The quantitative estimate of drug-likeness (QED) is 0.847. The van der Waals surface area contributed by atoms with Crippen LogP contribution >= 0.6 is 24.8 Å². The van der Waals surface area contributed by atoms with Crippen molar-refractivity contribution in [2.24, 2.45) is 0 Å². The molecule has 0 fully saturated rings. The van der Waals surface area contributed by atoms with Crippen LogP contribution in [0.25, 0.3) is 0 Å². The Labute approximate surface area is 111 Å². The second-order valence-corrected chi connectivity index (χ2v) is 3.65. The maximum absolute atomic E-state index is 5.77. The number of benzene rings is 1. The molecule has 0 unspecified atom stereocenters. The molecule has 0 aliphatic heterocycles. The van der Waals surface area contributed by atoms with Gasteiger partial charge in [0.2, 0.25) is 0 Å². The van der Waals surface area contributed by atoms with Crippen LogP contribution in [-0.2, 0) is 6.54 Å². The lowest BCUT2D eigenvalue weighted by molar-refractivity contribution is 0.296. The first-order valence-electron chi connectivity index (χ1n) is 5.24. The average molecular weight is 265 g/mol. The first-order chi connectivity index (χ1) is 6.67. The van der Waals surface area contributed by atoms with Gasteiger partial charge >= 0.3 is 0 Å². The number of nitrogens with two attached hydrogens (primary N) is 1. The fourth-order valence-corrected chi connectivity index (χ4v) is 1.54. The second kappa shape index (κ2) is 8.68. The number of aryl methyl sites for hydroxylation is 1. The molecule has 0 spiro atoms. The van der Waals surface area contributed by atoms with E-state index in [2.05, 4.69) is 37.8 Å². The Hall–Kier alpha value is -0.440. The van der Waals surface area contributed by atoms with Crippen LogP contribution in [0.3, 0.4) is 0 Å². The minimum absolute atomic E-state index is 0. The van der Waals surface area contributed by atoms with E-state index in [-0.39, 0.29) is 24.8 Å². The Balaban J connectivity index is 0. The number of halogens is 2. The Morgan fingerprint density at radius 1 is 1.12 bits per heavy atom. The first-order valence-corrected chi connectivity index (χ1v) is 5.24. The van der Waals surface area contributed by atoms with Crippen LogP contribution in [0.15, 0.2) is 18.2 Å². The molecular weight excluding hydrogens is 243 g/mol. The van der Waals surface area contributed by atoms with Crippen molar-refractivity contribution in [3.05, 3.63) is 29.3 Å². The highest BCUT2D eigenvalue weighted by Crippen LogP contribution is 2.14. The van der Waals surface area contributed by atoms with Gasteiger partial charge in [-0.05, 0) is 37.2 Å². The van der Waals surface area contributed by atoms with Crippen molar-refractivity contribution in [3.8, 4) is 0 Å². The lowest BCUT2D eigenvalue weighted by atomic mass is 10.1. The molecular formula is C12H22Cl2N2. The fourth-order valence-electron chi connectivity index (χ4n) is 1.54. The van der Waals surface area contributed by atoms with E-state index >= 15 is 0 Å². The van der Waals surface area contributed by atoms with Crippen LogP contribution in [-0.4, -0.2) is 18.0 Å². The summed E-state index contributed by atoms with van der Waals surface area (Å²) in [5.74, 6) is 0. The molecule has 0 bridgehead atoms. The normalized spacial score (nSPS) is 9.50. The Bertz CT molecular complexity index is 299. The fraction of sp³-hybridized carbons (Fsp3) is 0.500. The van der Waals surface area contributed by atoms with Gasteiger partial charge in [-0.1, -0.05) is 26.0 Å². The SMILES string of the molecule is CCN(CC)Cc1ccc(N)c(C)c1.Cl.Cl. The average Bonchev–Trinajstić information content (AvgIpc) is 2.19. The van der Waals surface area contributed by atoms with Crippen LogP contribution < -0.4 is 5.73 Å². The van der Waals surface area contributed by atoms with Crippen LogP contribution in [0.1, 0.15) is 25.0 Å². The Morgan fingerprint density at radius 2 is 1.69 bits per heavy atom. The first kappa shape index (κ1) is 17.9. The summed E-state index contributed by atoms with van der Waals surface area (Å²) in [5, 5.41) is 0. The summed E-state index contributed by atoms with van der Waals surface area (Å²) in [4.78, 5) is 2.39. The van der Waals surface area contributed by atoms with Crippen LogP contribution in [0.4, 0.5) is 5.69 Å². The molecule has 0 aliphatic rings. The van der Waals surface area contributed by atoms with E-state index in [1.807, 2.05) is 6.07 Å². The van der Waals surface area contributed by atoms with E-state index < -0.39 is 0 Å². The van der Waals surface area contributed by atoms with Gasteiger partial charge in [0, 0.05) is 12.2 Å². The van der Waals surface area contributed by atoms with Crippen molar-refractivity contribution in [1.82, 2.24) is 4.90 Å². The van der Waals surface area contributed by atoms with Gasteiger partial charge in [0.05, 0.1) is 0 Å². The van der Waals surface area contributed by atoms with Crippen molar-refractivity contribution in [3.63, 3.8) is 0 Å². The predicted octanol–water partition coefficient (Wildman–Crippen LogP) is 3.26. The van der Waals surface area contributed by atoms with Gasteiger partial charge in [-0.15, -0.1) is 24.8 Å². The van der Waals surface area contributed by atoms with Crippen molar-refractivity contribution in [2.75, 3.05) is 18.8 Å². The molecule has 0 atom stereocenters. The van der Waals surface area contributed by atoms with E-state index in [1.54, 1.807) is 0 Å². The number of anilines is 1. The molecule has 0 heterocycles. The summed E-state index contributed by atoms with van der Waals surface area (Å²) in [6.07, 6.45) is 0. The molecule has 0 saturated heterocycles. The summed E-state index contributed by atoms with van der Waals surface area (Å²) < 4.78 is 0. The van der Waals surface area contributed by atoms with E-state index in [0.29, 0.717) is 0 Å². The summed E-state index contributed by atoms with van der Waals surface area (Å²) in [6.45, 7) is 9.65. The van der Waals surface area contributed by atoms with Gasteiger partial charge in [0.15, 0.2) is 0 Å². The van der Waals surface area contributed by atoms with E-state index in [1.165, 1.54) is 11.1 Å². The number of hydrogen-bond donors (Lipinski definition) is 1. The molecule has 0 radical (unpaired) electrons. The zero-order valence-corrected chi connectivity index (χ0v) is 11.8. The summed E-state index contributed by atoms with van der Waals surface area (Å²) >= 11 is 0. The zero-order chi connectivity index (χ0) is 10.6. The van der Waals surface area contributed by atoms with Crippen LogP contribution in [0.2, 0.25) is 0 Å². The Kier molecular flexibility index (Phi) is 9.73. The minimum atomic E-state index is 0. The topological polar surface area (TPSA) is 29.3 Å². The monoisotopic (exact) mass is 264 g/mol. The molecule has 2 nitrogen and oxygen atoms in total. The van der Waals surface area contributed by atoms with Crippen molar-refractivity contribution < 1.29 is 0 Å². The number of rotatable bonds is 4. The van der Waals surface area contributed by atoms with E-state index in [0.717, 1.165) is 25.3 Å². The zero-order valence-electron chi connectivity index (χ0n) is 10.2. The van der Waals surface area contributed by atoms with Gasteiger partial charge in [0.1, 0.15) is 0 Å². The van der Waals surface area contributed by atoms with Crippen LogP contribution in [0, 0.1) is 6.92 Å².